The standard InChI is InChI=1S/C22H22Cl2N4O3/c1-4-14(3)25-20(29)19-21(30)27(12-15-6-5-7-16(23)10-15)22(31)28(26-19)17-9-8-13(2)18(24)11-17/h5-11,14H,4,12H2,1-3H3,(H,25,29). The van der Waals surface area contributed by atoms with Crippen LogP contribution in [0.2, 0.25) is 10.0 Å². The van der Waals surface area contributed by atoms with Gasteiger partial charge in [-0.05, 0) is 55.7 Å². The fourth-order valence-electron chi connectivity index (χ4n) is 2.89. The summed E-state index contributed by atoms with van der Waals surface area (Å²) in [5, 5.41) is 7.73. The second kappa shape index (κ2) is 9.49. The zero-order valence-electron chi connectivity index (χ0n) is 17.4. The summed E-state index contributed by atoms with van der Waals surface area (Å²) in [5.41, 5.74) is -0.0398. The van der Waals surface area contributed by atoms with Crippen molar-refractivity contribution < 1.29 is 4.79 Å². The van der Waals surface area contributed by atoms with Gasteiger partial charge < -0.3 is 5.32 Å². The van der Waals surface area contributed by atoms with E-state index in [0.717, 1.165) is 14.8 Å². The molecule has 0 fully saturated rings. The fourth-order valence-corrected chi connectivity index (χ4v) is 3.28. The van der Waals surface area contributed by atoms with E-state index >= 15 is 0 Å². The third kappa shape index (κ3) is 5.06. The summed E-state index contributed by atoms with van der Waals surface area (Å²) >= 11 is 12.3. The summed E-state index contributed by atoms with van der Waals surface area (Å²) in [5.74, 6) is -0.647. The van der Waals surface area contributed by atoms with Gasteiger partial charge in [-0.2, -0.15) is 9.78 Å². The average molecular weight is 461 g/mol. The van der Waals surface area contributed by atoms with E-state index < -0.39 is 17.2 Å². The van der Waals surface area contributed by atoms with Crippen molar-refractivity contribution in [2.75, 3.05) is 0 Å². The fraction of sp³-hybridized carbons (Fsp3) is 0.273. The summed E-state index contributed by atoms with van der Waals surface area (Å²) in [6.45, 7) is 5.49. The molecule has 3 rings (SSSR count). The van der Waals surface area contributed by atoms with E-state index in [2.05, 4.69) is 10.4 Å². The molecule has 1 aromatic heterocycles. The molecular formula is C22H22Cl2N4O3. The quantitative estimate of drug-likeness (QED) is 0.608. The Bertz CT molecular complexity index is 1250. The zero-order valence-corrected chi connectivity index (χ0v) is 18.9. The molecule has 3 aromatic rings. The number of hydrogen-bond donors (Lipinski definition) is 1. The van der Waals surface area contributed by atoms with Crippen molar-refractivity contribution in [2.24, 2.45) is 0 Å². The predicted molar refractivity (Wildman–Crippen MR) is 122 cm³/mol. The maximum absolute atomic E-state index is 13.2. The van der Waals surface area contributed by atoms with Crippen LogP contribution in [-0.4, -0.2) is 26.3 Å². The van der Waals surface area contributed by atoms with Gasteiger partial charge in [-0.3, -0.25) is 14.2 Å². The highest BCUT2D eigenvalue weighted by Gasteiger charge is 2.21. The Labute approximate surface area is 189 Å². The van der Waals surface area contributed by atoms with Crippen LogP contribution in [0.15, 0.2) is 52.1 Å². The maximum Gasteiger partial charge on any atom is 0.352 e. The molecule has 0 aliphatic carbocycles. The highest BCUT2D eigenvalue weighted by Crippen LogP contribution is 2.18. The molecule has 0 radical (unpaired) electrons. The number of carbonyl (C=O) groups excluding carboxylic acids is 1. The van der Waals surface area contributed by atoms with Crippen LogP contribution in [0.1, 0.15) is 41.9 Å². The van der Waals surface area contributed by atoms with Crippen molar-refractivity contribution in [1.82, 2.24) is 19.7 Å². The van der Waals surface area contributed by atoms with Crippen LogP contribution >= 0.6 is 23.2 Å². The van der Waals surface area contributed by atoms with Gasteiger partial charge in [0, 0.05) is 16.1 Å². The van der Waals surface area contributed by atoms with Gasteiger partial charge in [0.25, 0.3) is 11.5 Å². The van der Waals surface area contributed by atoms with Gasteiger partial charge in [-0.25, -0.2) is 4.79 Å². The van der Waals surface area contributed by atoms with Crippen LogP contribution in [0, 0.1) is 6.92 Å². The summed E-state index contributed by atoms with van der Waals surface area (Å²) in [6.07, 6.45) is 0.676. The Morgan fingerprint density at radius 1 is 1.16 bits per heavy atom. The van der Waals surface area contributed by atoms with Gasteiger partial charge in [0.05, 0.1) is 12.2 Å². The second-order valence-corrected chi connectivity index (χ2v) is 8.12. The number of amides is 1. The van der Waals surface area contributed by atoms with E-state index in [1.54, 1.807) is 42.5 Å². The van der Waals surface area contributed by atoms with Crippen LogP contribution in [0.4, 0.5) is 0 Å². The molecule has 9 heteroatoms. The number of benzene rings is 2. The number of aryl methyl sites for hydroxylation is 1. The first-order valence-corrected chi connectivity index (χ1v) is 10.5. The van der Waals surface area contributed by atoms with E-state index in [9.17, 15) is 14.4 Å². The lowest BCUT2D eigenvalue weighted by molar-refractivity contribution is 0.0929. The van der Waals surface area contributed by atoms with Crippen LogP contribution in [0.3, 0.4) is 0 Å². The van der Waals surface area contributed by atoms with Crippen LogP contribution in [0.25, 0.3) is 5.69 Å². The minimum atomic E-state index is -0.778. The maximum atomic E-state index is 13.2. The van der Waals surface area contributed by atoms with Crippen LogP contribution in [0.5, 0.6) is 0 Å². The first kappa shape index (κ1) is 22.8. The number of hydrogen-bond acceptors (Lipinski definition) is 4. The van der Waals surface area contributed by atoms with E-state index in [4.69, 9.17) is 23.2 Å². The molecule has 1 unspecified atom stereocenters. The number of rotatable bonds is 6. The molecule has 1 heterocycles. The van der Waals surface area contributed by atoms with Gasteiger partial charge in [0.2, 0.25) is 5.69 Å². The molecular weight excluding hydrogens is 439 g/mol. The van der Waals surface area contributed by atoms with E-state index in [1.165, 1.54) is 0 Å². The molecule has 31 heavy (non-hydrogen) atoms. The van der Waals surface area contributed by atoms with Gasteiger partial charge in [-0.1, -0.05) is 48.3 Å². The van der Waals surface area contributed by atoms with Crippen molar-refractivity contribution in [3.05, 3.63) is 90.2 Å². The molecule has 0 saturated carbocycles. The first-order chi connectivity index (χ1) is 14.7. The average Bonchev–Trinajstić information content (AvgIpc) is 2.73. The molecule has 1 amide bonds. The summed E-state index contributed by atoms with van der Waals surface area (Å²) < 4.78 is 1.99. The predicted octanol–water partition coefficient (Wildman–Crippen LogP) is 3.59. The molecule has 1 atom stereocenters. The normalized spacial score (nSPS) is 11.9. The van der Waals surface area contributed by atoms with Crippen molar-refractivity contribution >= 4 is 29.1 Å². The molecule has 2 aromatic carbocycles. The van der Waals surface area contributed by atoms with Gasteiger partial charge >= 0.3 is 5.69 Å². The molecule has 0 aliphatic rings. The Morgan fingerprint density at radius 3 is 2.55 bits per heavy atom. The number of aromatic nitrogens is 3. The number of carbonyl (C=O) groups is 1. The lowest BCUT2D eigenvalue weighted by atomic mass is 10.2. The zero-order chi connectivity index (χ0) is 22.7. The van der Waals surface area contributed by atoms with Crippen LogP contribution < -0.4 is 16.6 Å². The van der Waals surface area contributed by atoms with Gasteiger partial charge in [0.15, 0.2) is 0 Å². The molecule has 0 spiro atoms. The molecule has 0 aliphatic heterocycles. The third-order valence-electron chi connectivity index (χ3n) is 4.89. The lowest BCUT2D eigenvalue weighted by Crippen LogP contribution is -2.47. The lowest BCUT2D eigenvalue weighted by Gasteiger charge is -2.14. The summed E-state index contributed by atoms with van der Waals surface area (Å²) in [4.78, 5) is 39.0. The monoisotopic (exact) mass is 460 g/mol. The topological polar surface area (TPSA) is 86.0 Å². The van der Waals surface area contributed by atoms with Gasteiger partial charge in [-0.15, -0.1) is 0 Å². The molecule has 162 valence electrons. The van der Waals surface area contributed by atoms with Crippen molar-refractivity contribution in [1.29, 1.82) is 0 Å². The second-order valence-electron chi connectivity index (χ2n) is 7.28. The minimum absolute atomic E-state index is 0.0655. The number of nitrogens with zero attached hydrogens (tertiary/aromatic N) is 3. The van der Waals surface area contributed by atoms with Crippen LogP contribution in [-0.2, 0) is 6.54 Å². The molecule has 0 bridgehead atoms. The number of nitrogens with one attached hydrogen (secondary N) is 1. The van der Waals surface area contributed by atoms with Crippen molar-refractivity contribution in [2.45, 2.75) is 39.8 Å². The molecule has 7 nitrogen and oxygen atoms in total. The van der Waals surface area contributed by atoms with E-state index in [1.807, 2.05) is 20.8 Å². The molecule has 1 N–H and O–H groups in total. The van der Waals surface area contributed by atoms with E-state index in [0.29, 0.717) is 27.7 Å². The van der Waals surface area contributed by atoms with Crippen molar-refractivity contribution in [3.8, 4) is 5.69 Å². The largest absolute Gasteiger partial charge is 0.352 e. The Hall–Kier alpha value is -2.90. The minimum Gasteiger partial charge on any atom is -0.348 e. The molecule has 0 saturated heterocycles. The highest BCUT2D eigenvalue weighted by molar-refractivity contribution is 6.31. The first-order valence-electron chi connectivity index (χ1n) is 9.77. The number of halogens is 2. The Morgan fingerprint density at radius 2 is 1.90 bits per heavy atom. The van der Waals surface area contributed by atoms with Gasteiger partial charge in [0.1, 0.15) is 0 Å². The highest BCUT2D eigenvalue weighted by atomic mass is 35.5. The summed E-state index contributed by atoms with van der Waals surface area (Å²) in [6, 6.07) is 11.6. The van der Waals surface area contributed by atoms with Crippen molar-refractivity contribution in [3.63, 3.8) is 0 Å². The Balaban J connectivity index is 2.21. The third-order valence-corrected chi connectivity index (χ3v) is 5.54. The Kier molecular flexibility index (Phi) is 6.97. The summed E-state index contributed by atoms with van der Waals surface area (Å²) in [7, 11) is 0. The smallest absolute Gasteiger partial charge is 0.348 e. The van der Waals surface area contributed by atoms with E-state index in [-0.39, 0.29) is 18.3 Å². The SMILES string of the molecule is CCC(C)NC(=O)c1nn(-c2ccc(C)c(Cl)c2)c(=O)n(Cc2cccc(Cl)c2)c1=O.